The van der Waals surface area contributed by atoms with Gasteiger partial charge in [0.05, 0.1) is 16.6 Å². The SMILES string of the molecule is O=C(N[C@H]1CCCCNC1=O)[C@H]1CC(=O)N(c2ccccc2Cl)C1. The molecule has 2 N–H and O–H groups in total. The first kappa shape index (κ1) is 16.8. The van der Waals surface area contributed by atoms with Crippen molar-refractivity contribution in [3.63, 3.8) is 0 Å². The molecule has 1 aromatic rings. The van der Waals surface area contributed by atoms with E-state index in [1.54, 1.807) is 29.2 Å². The number of benzene rings is 1. The zero-order valence-electron chi connectivity index (χ0n) is 13.3. The van der Waals surface area contributed by atoms with Crippen LogP contribution in [0.5, 0.6) is 0 Å². The fraction of sp³-hybridized carbons (Fsp3) is 0.471. The third-order valence-electron chi connectivity index (χ3n) is 4.49. The second kappa shape index (κ2) is 7.21. The van der Waals surface area contributed by atoms with Crippen LogP contribution in [0.25, 0.3) is 0 Å². The minimum absolute atomic E-state index is 0.130. The van der Waals surface area contributed by atoms with Crippen LogP contribution in [0.3, 0.4) is 0 Å². The number of para-hydroxylation sites is 1. The lowest BCUT2D eigenvalue weighted by Gasteiger charge is -2.19. The molecular weight excluding hydrogens is 330 g/mol. The molecule has 2 saturated heterocycles. The van der Waals surface area contributed by atoms with Crippen LogP contribution in [0.1, 0.15) is 25.7 Å². The van der Waals surface area contributed by atoms with Crippen molar-refractivity contribution in [3.05, 3.63) is 29.3 Å². The number of hydrogen-bond donors (Lipinski definition) is 2. The van der Waals surface area contributed by atoms with E-state index in [0.717, 1.165) is 12.8 Å². The molecule has 0 aliphatic carbocycles. The van der Waals surface area contributed by atoms with Gasteiger partial charge in [0.1, 0.15) is 6.04 Å². The van der Waals surface area contributed by atoms with Crippen LogP contribution >= 0.6 is 11.6 Å². The highest BCUT2D eigenvalue weighted by Crippen LogP contribution is 2.31. The fourth-order valence-electron chi connectivity index (χ4n) is 3.15. The van der Waals surface area contributed by atoms with Gasteiger partial charge < -0.3 is 15.5 Å². The molecule has 0 radical (unpaired) electrons. The summed E-state index contributed by atoms with van der Waals surface area (Å²) in [5.74, 6) is -0.994. The zero-order valence-corrected chi connectivity index (χ0v) is 14.0. The molecule has 2 aliphatic heterocycles. The molecule has 3 amide bonds. The quantitative estimate of drug-likeness (QED) is 0.867. The minimum Gasteiger partial charge on any atom is -0.354 e. The van der Waals surface area contributed by atoms with Gasteiger partial charge in [-0.05, 0) is 31.4 Å². The van der Waals surface area contributed by atoms with Crippen molar-refractivity contribution in [3.8, 4) is 0 Å². The van der Waals surface area contributed by atoms with Gasteiger partial charge in [-0.3, -0.25) is 14.4 Å². The number of hydrogen-bond acceptors (Lipinski definition) is 3. The molecule has 0 saturated carbocycles. The number of halogens is 1. The van der Waals surface area contributed by atoms with Crippen molar-refractivity contribution in [2.75, 3.05) is 18.0 Å². The van der Waals surface area contributed by atoms with Gasteiger partial charge in [-0.2, -0.15) is 0 Å². The summed E-state index contributed by atoms with van der Waals surface area (Å²) in [6, 6.07) is 6.57. The first-order chi connectivity index (χ1) is 11.6. The molecule has 24 heavy (non-hydrogen) atoms. The summed E-state index contributed by atoms with van der Waals surface area (Å²) in [5.41, 5.74) is 0.617. The Hall–Kier alpha value is -2.08. The highest BCUT2D eigenvalue weighted by atomic mass is 35.5. The third-order valence-corrected chi connectivity index (χ3v) is 4.81. The second-order valence-electron chi connectivity index (χ2n) is 6.20. The Labute approximate surface area is 145 Å². The van der Waals surface area contributed by atoms with Crippen LogP contribution in [-0.2, 0) is 14.4 Å². The van der Waals surface area contributed by atoms with Gasteiger partial charge in [0.25, 0.3) is 0 Å². The van der Waals surface area contributed by atoms with Crippen LogP contribution in [0, 0.1) is 5.92 Å². The van der Waals surface area contributed by atoms with Crippen LogP contribution in [0.2, 0.25) is 5.02 Å². The summed E-state index contributed by atoms with van der Waals surface area (Å²) in [6.45, 7) is 0.927. The first-order valence-corrected chi connectivity index (χ1v) is 8.57. The third kappa shape index (κ3) is 3.53. The summed E-state index contributed by atoms with van der Waals surface area (Å²) in [6.07, 6.45) is 2.57. The van der Waals surface area contributed by atoms with E-state index in [-0.39, 0.29) is 30.7 Å². The van der Waals surface area contributed by atoms with Crippen molar-refractivity contribution in [1.29, 1.82) is 0 Å². The number of nitrogens with one attached hydrogen (secondary N) is 2. The first-order valence-electron chi connectivity index (χ1n) is 8.19. The molecule has 0 aromatic heterocycles. The molecule has 128 valence electrons. The Morgan fingerprint density at radius 2 is 2.04 bits per heavy atom. The van der Waals surface area contributed by atoms with E-state index in [4.69, 9.17) is 11.6 Å². The number of anilines is 1. The van der Waals surface area contributed by atoms with Gasteiger partial charge in [0.15, 0.2) is 0 Å². The highest BCUT2D eigenvalue weighted by Gasteiger charge is 2.37. The average molecular weight is 350 g/mol. The lowest BCUT2D eigenvalue weighted by atomic mass is 10.1. The molecule has 2 fully saturated rings. The molecule has 0 spiro atoms. The number of carbonyl (C=O) groups excluding carboxylic acids is 3. The highest BCUT2D eigenvalue weighted by molar-refractivity contribution is 6.33. The fourth-order valence-corrected chi connectivity index (χ4v) is 3.39. The largest absolute Gasteiger partial charge is 0.354 e. The lowest BCUT2D eigenvalue weighted by Crippen LogP contribution is -2.47. The monoisotopic (exact) mass is 349 g/mol. The summed E-state index contributed by atoms with van der Waals surface area (Å²) >= 11 is 6.14. The average Bonchev–Trinajstić information content (AvgIpc) is 2.83. The predicted molar refractivity (Wildman–Crippen MR) is 90.7 cm³/mol. The lowest BCUT2D eigenvalue weighted by molar-refractivity contribution is -0.131. The molecule has 0 bridgehead atoms. The second-order valence-corrected chi connectivity index (χ2v) is 6.61. The van der Waals surface area contributed by atoms with E-state index in [2.05, 4.69) is 10.6 Å². The number of nitrogens with zero attached hydrogens (tertiary/aromatic N) is 1. The molecule has 3 rings (SSSR count). The Morgan fingerprint density at radius 3 is 2.83 bits per heavy atom. The van der Waals surface area contributed by atoms with Crippen LogP contribution in [0.15, 0.2) is 24.3 Å². The Kier molecular flexibility index (Phi) is 5.04. The van der Waals surface area contributed by atoms with E-state index in [1.165, 1.54) is 0 Å². The maximum atomic E-state index is 12.5. The summed E-state index contributed by atoms with van der Waals surface area (Å²) < 4.78 is 0. The molecule has 2 atom stereocenters. The molecular formula is C17H20ClN3O3. The summed E-state index contributed by atoms with van der Waals surface area (Å²) in [5, 5.41) is 6.07. The maximum absolute atomic E-state index is 12.5. The number of amides is 3. The van der Waals surface area contributed by atoms with Crippen LogP contribution in [-0.4, -0.2) is 36.9 Å². The van der Waals surface area contributed by atoms with Crippen LogP contribution < -0.4 is 15.5 Å². The Bertz CT molecular complexity index is 664. The maximum Gasteiger partial charge on any atom is 0.242 e. The van der Waals surface area contributed by atoms with Gasteiger partial charge >= 0.3 is 0 Å². The van der Waals surface area contributed by atoms with Crippen molar-refractivity contribution >= 4 is 35.0 Å². The molecule has 1 aromatic carbocycles. The number of rotatable bonds is 3. The van der Waals surface area contributed by atoms with Gasteiger partial charge in [-0.25, -0.2) is 0 Å². The standard InChI is InChI=1S/C17H20ClN3O3/c18-12-5-1-2-7-14(12)21-10-11(9-15(21)22)16(23)20-13-6-3-4-8-19-17(13)24/h1-2,5,7,11,13H,3-4,6,8-10H2,(H,19,24)(H,20,23)/t11-,13-/m0/s1. The van der Waals surface area contributed by atoms with E-state index < -0.39 is 12.0 Å². The van der Waals surface area contributed by atoms with E-state index in [0.29, 0.717) is 23.7 Å². The smallest absolute Gasteiger partial charge is 0.242 e. The topological polar surface area (TPSA) is 78.5 Å². The van der Waals surface area contributed by atoms with E-state index in [9.17, 15) is 14.4 Å². The van der Waals surface area contributed by atoms with Crippen molar-refractivity contribution in [2.45, 2.75) is 31.7 Å². The van der Waals surface area contributed by atoms with Crippen molar-refractivity contribution in [2.24, 2.45) is 5.92 Å². The Balaban J connectivity index is 1.66. The molecule has 6 nitrogen and oxygen atoms in total. The summed E-state index contributed by atoms with van der Waals surface area (Å²) in [7, 11) is 0. The predicted octanol–water partition coefficient (Wildman–Crippen LogP) is 1.48. The van der Waals surface area contributed by atoms with Gasteiger partial charge in [0.2, 0.25) is 17.7 Å². The van der Waals surface area contributed by atoms with Gasteiger partial charge in [0, 0.05) is 19.5 Å². The molecule has 2 aliphatic rings. The Morgan fingerprint density at radius 1 is 1.25 bits per heavy atom. The molecule has 2 heterocycles. The van der Waals surface area contributed by atoms with Crippen molar-refractivity contribution < 1.29 is 14.4 Å². The number of carbonyl (C=O) groups is 3. The minimum atomic E-state index is -0.510. The molecule has 7 heteroatoms. The van der Waals surface area contributed by atoms with E-state index >= 15 is 0 Å². The summed E-state index contributed by atoms with van der Waals surface area (Å²) in [4.78, 5) is 38.2. The van der Waals surface area contributed by atoms with Gasteiger partial charge in [-0.15, -0.1) is 0 Å². The van der Waals surface area contributed by atoms with E-state index in [1.807, 2.05) is 0 Å². The van der Waals surface area contributed by atoms with Crippen LogP contribution in [0.4, 0.5) is 5.69 Å². The zero-order chi connectivity index (χ0) is 17.1. The van der Waals surface area contributed by atoms with Gasteiger partial charge in [-0.1, -0.05) is 23.7 Å². The normalized spacial score (nSPS) is 24.5. The molecule has 0 unspecified atom stereocenters. The van der Waals surface area contributed by atoms with Crippen molar-refractivity contribution in [1.82, 2.24) is 10.6 Å².